The Balaban J connectivity index is 1.89. The zero-order valence-corrected chi connectivity index (χ0v) is 23.6. The molecule has 0 aromatic carbocycles. The van der Waals surface area contributed by atoms with Gasteiger partial charge in [0.1, 0.15) is 73.1 Å². The Morgan fingerprint density at radius 1 is 0.558 bits per heavy atom. The van der Waals surface area contributed by atoms with Crippen molar-refractivity contribution in [3.8, 4) is 0 Å². The molecule has 19 nitrogen and oxygen atoms in total. The summed E-state index contributed by atoms with van der Waals surface area (Å²) in [7, 11) is 0. The second-order valence-corrected chi connectivity index (χ2v) is 10.5. The van der Waals surface area contributed by atoms with Crippen LogP contribution in [0.15, 0.2) is 0 Å². The van der Waals surface area contributed by atoms with Crippen LogP contribution >= 0.6 is 0 Å². The molecule has 43 heavy (non-hydrogen) atoms. The number of aliphatic hydroxyl groups is 8. The maximum absolute atomic E-state index is 12.1. The molecule has 3 rings (SSSR count). The van der Waals surface area contributed by atoms with Crippen LogP contribution in [0.4, 0.5) is 0 Å². The average molecular weight is 628 g/mol. The predicted octanol–water partition coefficient (Wildman–Crippen LogP) is -7.14. The number of aliphatic hydroxyl groups excluding tert-OH is 8. The number of carbonyl (C=O) groups excluding carboxylic acids is 3. The van der Waals surface area contributed by atoms with Crippen molar-refractivity contribution in [1.29, 1.82) is 0 Å². The van der Waals surface area contributed by atoms with Crippen LogP contribution in [-0.2, 0) is 38.1 Å². The molecule has 248 valence electrons. The van der Waals surface area contributed by atoms with Gasteiger partial charge in [-0.2, -0.15) is 0 Å². The predicted molar refractivity (Wildman–Crippen MR) is 136 cm³/mol. The number of rotatable bonds is 10. The summed E-state index contributed by atoms with van der Waals surface area (Å²) in [6.45, 7) is 0.995. The Morgan fingerprint density at radius 3 is 1.37 bits per heavy atom. The third-order valence-electron chi connectivity index (χ3n) is 7.30. The first kappa shape index (κ1) is 35.4. The van der Waals surface area contributed by atoms with Crippen molar-refractivity contribution in [3.63, 3.8) is 0 Å². The lowest BCUT2D eigenvalue weighted by atomic mass is 9.93. The summed E-state index contributed by atoms with van der Waals surface area (Å²) in [5, 5.41) is 90.0. The summed E-state index contributed by atoms with van der Waals surface area (Å²) in [4.78, 5) is 35.5. The number of carbonyl (C=O) groups is 3. The molecule has 0 spiro atoms. The Kier molecular flexibility index (Phi) is 12.5. The van der Waals surface area contributed by atoms with Crippen LogP contribution in [0.3, 0.4) is 0 Å². The fourth-order valence-electron chi connectivity index (χ4n) is 5.28. The zero-order valence-electron chi connectivity index (χ0n) is 23.6. The van der Waals surface area contributed by atoms with Gasteiger partial charge in [0.25, 0.3) is 0 Å². The quantitative estimate of drug-likeness (QED) is 0.107. The fraction of sp³-hybridized carbons (Fsp3) is 0.875. The molecule has 0 radical (unpaired) electrons. The standard InChI is InChI=1S/C24H41N3O16/c1-7(31)25-13-18(36)20(11(5-29)39-22(13)38)42-24-15(27-9(3)33)19(37)21(12(6-30)41-24)43-23-14(26-8(2)32)17(35)16(34)10(4-28)40-23/h10-24,28-30,34-38H,4-6H2,1-3H3,(H,25,31)(H,26,32)(H,27,33)/t10?,11?,12?,13?,14?,15?,16-,17+,18+,19+,20+,21+,22-,23+,24+/m1/s1. The van der Waals surface area contributed by atoms with Crippen molar-refractivity contribution in [2.45, 2.75) is 113 Å². The molecule has 0 aliphatic carbocycles. The summed E-state index contributed by atoms with van der Waals surface area (Å²) in [6, 6.07) is -4.31. The van der Waals surface area contributed by atoms with Gasteiger partial charge in [0, 0.05) is 20.8 Å². The molecule has 3 amide bonds. The largest absolute Gasteiger partial charge is 0.394 e. The Hall–Kier alpha value is -2.11. The summed E-state index contributed by atoms with van der Waals surface area (Å²) in [5.41, 5.74) is 0. The monoisotopic (exact) mass is 627 g/mol. The molecule has 3 saturated heterocycles. The molecule has 3 heterocycles. The molecule has 0 aromatic rings. The number of hydrogen-bond donors (Lipinski definition) is 11. The van der Waals surface area contributed by atoms with Gasteiger partial charge in [-0.3, -0.25) is 14.4 Å². The molecule has 3 aliphatic rings. The zero-order chi connectivity index (χ0) is 32.2. The minimum Gasteiger partial charge on any atom is -0.394 e. The van der Waals surface area contributed by atoms with Crippen molar-refractivity contribution >= 4 is 17.7 Å². The lowest BCUT2D eigenvalue weighted by Gasteiger charge is -2.49. The van der Waals surface area contributed by atoms with Gasteiger partial charge in [-0.1, -0.05) is 0 Å². The van der Waals surface area contributed by atoms with Crippen LogP contribution in [0.25, 0.3) is 0 Å². The maximum atomic E-state index is 12.1. The van der Waals surface area contributed by atoms with E-state index in [1.165, 1.54) is 0 Å². The highest BCUT2D eigenvalue weighted by Crippen LogP contribution is 2.32. The van der Waals surface area contributed by atoms with Crippen molar-refractivity contribution in [2.75, 3.05) is 19.8 Å². The third-order valence-corrected chi connectivity index (χ3v) is 7.30. The lowest BCUT2D eigenvalue weighted by molar-refractivity contribution is -0.351. The Bertz CT molecular complexity index is 962. The van der Waals surface area contributed by atoms with Gasteiger partial charge in [-0.05, 0) is 0 Å². The summed E-state index contributed by atoms with van der Waals surface area (Å²) in [5.74, 6) is -1.96. The van der Waals surface area contributed by atoms with Gasteiger partial charge in [0.15, 0.2) is 18.9 Å². The van der Waals surface area contributed by atoms with E-state index < -0.39 is 129 Å². The lowest BCUT2D eigenvalue weighted by Crippen LogP contribution is -2.71. The van der Waals surface area contributed by atoms with Crippen molar-refractivity contribution in [1.82, 2.24) is 16.0 Å². The van der Waals surface area contributed by atoms with Crippen LogP contribution in [0.2, 0.25) is 0 Å². The number of nitrogens with one attached hydrogen (secondary N) is 3. The first-order chi connectivity index (χ1) is 20.2. The molecule has 0 aromatic heterocycles. The third kappa shape index (κ3) is 8.14. The van der Waals surface area contributed by atoms with E-state index in [0.717, 1.165) is 20.8 Å². The minimum atomic E-state index is -1.77. The highest BCUT2D eigenvalue weighted by atomic mass is 16.7. The van der Waals surface area contributed by atoms with E-state index in [2.05, 4.69) is 16.0 Å². The van der Waals surface area contributed by atoms with E-state index in [9.17, 15) is 55.2 Å². The van der Waals surface area contributed by atoms with Crippen LogP contribution in [0.5, 0.6) is 0 Å². The summed E-state index contributed by atoms with van der Waals surface area (Å²) < 4.78 is 28.3. The Labute approximate surface area is 245 Å². The van der Waals surface area contributed by atoms with Crippen LogP contribution < -0.4 is 16.0 Å². The van der Waals surface area contributed by atoms with Gasteiger partial charge >= 0.3 is 0 Å². The molecule has 19 heteroatoms. The molecule has 0 bridgehead atoms. The first-order valence-electron chi connectivity index (χ1n) is 13.5. The molecule has 0 saturated carbocycles. The van der Waals surface area contributed by atoms with E-state index >= 15 is 0 Å². The van der Waals surface area contributed by atoms with E-state index in [1.807, 2.05) is 0 Å². The number of hydrogen-bond acceptors (Lipinski definition) is 16. The average Bonchev–Trinajstić information content (AvgIpc) is 2.94. The fourth-order valence-corrected chi connectivity index (χ4v) is 5.28. The van der Waals surface area contributed by atoms with Crippen molar-refractivity contribution in [3.05, 3.63) is 0 Å². The van der Waals surface area contributed by atoms with Crippen molar-refractivity contribution < 1.29 is 78.9 Å². The normalized spacial score (nSPS) is 43.5. The van der Waals surface area contributed by atoms with Gasteiger partial charge in [0.05, 0.1) is 19.8 Å². The highest BCUT2D eigenvalue weighted by Gasteiger charge is 2.54. The maximum Gasteiger partial charge on any atom is 0.217 e. The van der Waals surface area contributed by atoms with Crippen LogP contribution in [0.1, 0.15) is 20.8 Å². The van der Waals surface area contributed by atoms with Gasteiger partial charge in [-0.25, -0.2) is 0 Å². The van der Waals surface area contributed by atoms with Gasteiger partial charge < -0.3 is 80.5 Å². The number of amides is 3. The topological polar surface area (TPSA) is 295 Å². The summed E-state index contributed by atoms with van der Waals surface area (Å²) >= 11 is 0. The molecule has 3 aliphatic heterocycles. The first-order valence-corrected chi connectivity index (χ1v) is 13.5. The molecule has 3 fully saturated rings. The molecular formula is C24H41N3O16. The van der Waals surface area contributed by atoms with E-state index in [4.69, 9.17) is 23.7 Å². The van der Waals surface area contributed by atoms with Crippen LogP contribution in [-0.4, -0.2) is 170 Å². The van der Waals surface area contributed by atoms with Crippen LogP contribution in [0, 0.1) is 0 Å². The molecule has 15 atom stereocenters. The highest BCUT2D eigenvalue weighted by molar-refractivity contribution is 5.74. The van der Waals surface area contributed by atoms with Gasteiger partial charge in [-0.15, -0.1) is 0 Å². The van der Waals surface area contributed by atoms with E-state index in [-0.39, 0.29) is 0 Å². The minimum absolute atomic E-state index is 0.628. The van der Waals surface area contributed by atoms with E-state index in [0.29, 0.717) is 0 Å². The smallest absolute Gasteiger partial charge is 0.217 e. The number of ether oxygens (including phenoxy) is 5. The SMILES string of the molecule is CC(=O)NC1[C@H](O[C@H]2C(CO)O[C@@H](O[C@H]3C(CO)O[C@@H](O)C(NC(C)=O)[C@@H]3O)C(NC(C)=O)[C@@H]2O)OC(CO)[C@@H](O)[C@H]1O. The molecular weight excluding hydrogens is 586 g/mol. The molecule has 11 N–H and O–H groups in total. The summed E-state index contributed by atoms with van der Waals surface area (Å²) in [6.07, 6.45) is -19.0. The molecule has 6 unspecified atom stereocenters. The Morgan fingerprint density at radius 2 is 0.930 bits per heavy atom. The van der Waals surface area contributed by atoms with E-state index in [1.54, 1.807) is 0 Å². The van der Waals surface area contributed by atoms with Gasteiger partial charge in [0.2, 0.25) is 17.7 Å². The van der Waals surface area contributed by atoms with Crippen molar-refractivity contribution in [2.24, 2.45) is 0 Å². The second kappa shape index (κ2) is 15.3. The second-order valence-electron chi connectivity index (χ2n) is 10.5.